The van der Waals surface area contributed by atoms with Crippen molar-refractivity contribution in [3.63, 3.8) is 0 Å². The minimum absolute atomic E-state index is 0.320. The molecule has 0 unspecified atom stereocenters. The molecule has 94 valence electrons. The van der Waals surface area contributed by atoms with Crippen molar-refractivity contribution in [1.29, 1.82) is 0 Å². The Morgan fingerprint density at radius 1 is 1.22 bits per heavy atom. The van der Waals surface area contributed by atoms with Gasteiger partial charge in [0.25, 0.3) is 3.79 Å². The Labute approximate surface area is 118 Å². The van der Waals surface area contributed by atoms with Gasteiger partial charge in [-0.3, -0.25) is 9.89 Å². The van der Waals surface area contributed by atoms with Crippen molar-refractivity contribution in [3.05, 3.63) is 36.0 Å². The van der Waals surface area contributed by atoms with E-state index in [1.54, 1.807) is 30.5 Å². The molecule has 0 saturated heterocycles. The predicted molar refractivity (Wildman–Crippen MR) is 73.1 cm³/mol. The van der Waals surface area contributed by atoms with Crippen LogP contribution in [0.5, 0.6) is 0 Å². The number of aromatic amines is 1. The fourth-order valence-electron chi connectivity index (χ4n) is 1.49. The smallest absolute Gasteiger partial charge is 0.253 e. The number of alkyl halides is 3. The van der Waals surface area contributed by atoms with Gasteiger partial charge < -0.3 is 5.73 Å². The number of nitrogens with one attached hydrogen (secondary N) is 1. The second-order valence-corrected chi connectivity index (χ2v) is 5.88. The van der Waals surface area contributed by atoms with Gasteiger partial charge in [0.2, 0.25) is 5.78 Å². The van der Waals surface area contributed by atoms with Crippen molar-refractivity contribution in [2.45, 2.75) is 3.79 Å². The summed E-state index contributed by atoms with van der Waals surface area (Å²) < 4.78 is -1.95. The number of ketones is 1. The first-order valence-electron chi connectivity index (χ1n) is 4.90. The summed E-state index contributed by atoms with van der Waals surface area (Å²) in [4.78, 5) is 11.7. The Bertz CT molecular complexity index is 572. The van der Waals surface area contributed by atoms with Crippen LogP contribution in [-0.2, 0) is 0 Å². The lowest BCUT2D eigenvalue weighted by molar-refractivity contribution is 0.0996. The Morgan fingerprint density at radius 2 is 1.83 bits per heavy atom. The van der Waals surface area contributed by atoms with Crippen molar-refractivity contribution in [2.75, 3.05) is 5.73 Å². The van der Waals surface area contributed by atoms with E-state index in [4.69, 9.17) is 40.5 Å². The minimum atomic E-state index is -1.95. The van der Waals surface area contributed by atoms with Crippen molar-refractivity contribution in [3.8, 4) is 11.1 Å². The summed E-state index contributed by atoms with van der Waals surface area (Å²) in [6.07, 6.45) is 1.60. The van der Waals surface area contributed by atoms with Crippen LogP contribution in [0.15, 0.2) is 30.5 Å². The van der Waals surface area contributed by atoms with E-state index in [0.29, 0.717) is 11.4 Å². The number of rotatable bonds is 2. The first-order chi connectivity index (χ1) is 8.39. The molecule has 2 rings (SSSR count). The molecule has 7 heteroatoms. The summed E-state index contributed by atoms with van der Waals surface area (Å²) in [5.41, 5.74) is 7.59. The maximum Gasteiger partial charge on any atom is 0.253 e. The topological polar surface area (TPSA) is 71.8 Å². The largest absolute Gasteiger partial charge is 0.384 e. The number of aromatic nitrogens is 2. The SMILES string of the molecule is Nc1[nH]ncc1-c1ccc(C(=O)C(Cl)(Cl)Cl)cc1. The van der Waals surface area contributed by atoms with Crippen LogP contribution >= 0.6 is 34.8 Å². The highest BCUT2D eigenvalue weighted by atomic mass is 35.6. The highest BCUT2D eigenvalue weighted by molar-refractivity contribution is 6.77. The highest BCUT2D eigenvalue weighted by Gasteiger charge is 2.31. The van der Waals surface area contributed by atoms with Crippen LogP contribution in [0.4, 0.5) is 5.82 Å². The van der Waals surface area contributed by atoms with Crippen LogP contribution in [0.1, 0.15) is 10.4 Å². The second-order valence-electron chi connectivity index (χ2n) is 3.60. The van der Waals surface area contributed by atoms with E-state index in [1.165, 1.54) is 0 Å². The summed E-state index contributed by atoms with van der Waals surface area (Å²) in [6, 6.07) is 6.58. The van der Waals surface area contributed by atoms with Crippen molar-refractivity contribution in [1.82, 2.24) is 10.2 Å². The molecule has 2 aromatic rings. The van der Waals surface area contributed by atoms with Gasteiger partial charge in [0.05, 0.1) is 6.20 Å². The van der Waals surface area contributed by atoms with E-state index >= 15 is 0 Å². The average Bonchev–Trinajstić information content (AvgIpc) is 2.73. The fraction of sp³-hybridized carbons (Fsp3) is 0.0909. The lowest BCUT2D eigenvalue weighted by Crippen LogP contribution is -2.18. The molecule has 0 radical (unpaired) electrons. The minimum Gasteiger partial charge on any atom is -0.384 e. The number of nitrogens with zero attached hydrogens (tertiary/aromatic N) is 1. The van der Waals surface area contributed by atoms with Crippen LogP contribution < -0.4 is 5.73 Å². The molecule has 18 heavy (non-hydrogen) atoms. The van der Waals surface area contributed by atoms with E-state index in [2.05, 4.69) is 10.2 Å². The van der Waals surface area contributed by atoms with E-state index in [9.17, 15) is 4.79 Å². The number of hydrogen-bond donors (Lipinski definition) is 2. The zero-order valence-electron chi connectivity index (χ0n) is 8.95. The number of carbonyl (C=O) groups is 1. The third-order valence-corrected chi connectivity index (χ3v) is 2.90. The highest BCUT2D eigenvalue weighted by Crippen LogP contribution is 2.31. The van der Waals surface area contributed by atoms with Crippen molar-refractivity contribution in [2.24, 2.45) is 0 Å². The van der Waals surface area contributed by atoms with Crippen molar-refractivity contribution < 1.29 is 4.79 Å². The van der Waals surface area contributed by atoms with Crippen LogP contribution in [0, 0.1) is 0 Å². The number of carbonyl (C=O) groups excluding carboxylic acids is 1. The molecular weight excluding hydrogens is 296 g/mol. The van der Waals surface area contributed by atoms with Gasteiger partial charge in [-0.1, -0.05) is 59.1 Å². The lowest BCUT2D eigenvalue weighted by Gasteiger charge is -2.09. The van der Waals surface area contributed by atoms with Gasteiger partial charge in [0, 0.05) is 11.1 Å². The Balaban J connectivity index is 2.32. The zero-order valence-corrected chi connectivity index (χ0v) is 11.2. The molecule has 0 saturated carbocycles. The second kappa shape index (κ2) is 4.80. The number of nitrogens with two attached hydrogens (primary N) is 1. The third-order valence-electron chi connectivity index (χ3n) is 2.38. The monoisotopic (exact) mass is 303 g/mol. The Kier molecular flexibility index (Phi) is 3.52. The molecule has 4 nitrogen and oxygen atoms in total. The molecule has 0 aliphatic carbocycles. The lowest BCUT2D eigenvalue weighted by atomic mass is 10.0. The molecule has 1 heterocycles. The summed E-state index contributed by atoms with van der Waals surface area (Å²) in [5.74, 6) is -0.116. The maximum absolute atomic E-state index is 11.7. The van der Waals surface area contributed by atoms with Crippen LogP contribution in [0.3, 0.4) is 0 Å². The molecule has 3 N–H and O–H groups in total. The van der Waals surface area contributed by atoms with Gasteiger partial charge in [0.1, 0.15) is 5.82 Å². The summed E-state index contributed by atoms with van der Waals surface area (Å²) in [6.45, 7) is 0. The van der Waals surface area contributed by atoms with Crippen molar-refractivity contribution >= 4 is 46.4 Å². The Morgan fingerprint density at radius 3 is 2.28 bits per heavy atom. The van der Waals surface area contributed by atoms with Gasteiger partial charge in [-0.2, -0.15) is 5.10 Å². The van der Waals surface area contributed by atoms with Gasteiger partial charge in [-0.25, -0.2) is 0 Å². The van der Waals surface area contributed by atoms with Gasteiger partial charge >= 0.3 is 0 Å². The van der Waals surface area contributed by atoms with Gasteiger partial charge in [-0.15, -0.1) is 0 Å². The zero-order chi connectivity index (χ0) is 13.3. The van der Waals surface area contributed by atoms with E-state index in [-0.39, 0.29) is 0 Å². The summed E-state index contributed by atoms with van der Waals surface area (Å²) in [5, 5.41) is 6.44. The Hall–Kier alpha value is -1.23. The van der Waals surface area contributed by atoms with E-state index in [0.717, 1.165) is 11.1 Å². The molecule has 0 aliphatic rings. The predicted octanol–water partition coefficient (Wildman–Crippen LogP) is 3.21. The number of anilines is 1. The fourth-order valence-corrected chi connectivity index (χ4v) is 1.82. The number of Topliss-reactive ketones (excluding diaryl/α,β-unsaturated/α-hetero) is 1. The number of benzene rings is 1. The van der Waals surface area contributed by atoms with Crippen LogP contribution in [0.25, 0.3) is 11.1 Å². The molecule has 0 bridgehead atoms. The molecular formula is C11H8Cl3N3O. The molecule has 0 fully saturated rings. The van der Waals surface area contributed by atoms with Gasteiger partial charge in [-0.05, 0) is 5.56 Å². The number of halogens is 3. The molecule has 1 aromatic heterocycles. The normalized spacial score (nSPS) is 11.5. The average molecular weight is 305 g/mol. The van der Waals surface area contributed by atoms with Crippen LogP contribution in [-0.4, -0.2) is 19.8 Å². The number of hydrogen-bond acceptors (Lipinski definition) is 3. The van der Waals surface area contributed by atoms with Gasteiger partial charge in [0.15, 0.2) is 0 Å². The number of nitrogen functional groups attached to an aromatic ring is 1. The molecule has 0 amide bonds. The molecule has 0 aliphatic heterocycles. The summed E-state index contributed by atoms with van der Waals surface area (Å²) in [7, 11) is 0. The summed E-state index contributed by atoms with van der Waals surface area (Å²) >= 11 is 16.6. The molecule has 1 aromatic carbocycles. The standard InChI is InChI=1S/C11H8Cl3N3O/c12-11(13,14)9(18)7-3-1-6(2-4-7)8-5-16-17-10(8)15/h1-5H,(H3,15,16,17). The molecule has 0 atom stereocenters. The molecule has 0 spiro atoms. The third kappa shape index (κ3) is 2.61. The van der Waals surface area contributed by atoms with E-state index < -0.39 is 9.58 Å². The number of H-pyrrole nitrogens is 1. The first kappa shape index (κ1) is 13.2. The first-order valence-corrected chi connectivity index (χ1v) is 6.04. The quantitative estimate of drug-likeness (QED) is 0.661. The van der Waals surface area contributed by atoms with Crippen LogP contribution in [0.2, 0.25) is 0 Å². The maximum atomic E-state index is 11.7. The van der Waals surface area contributed by atoms with E-state index in [1.807, 2.05) is 0 Å².